The lowest BCUT2D eigenvalue weighted by molar-refractivity contribution is -0.156. The van der Waals surface area contributed by atoms with E-state index in [-0.39, 0.29) is 18.4 Å². The summed E-state index contributed by atoms with van der Waals surface area (Å²) in [5, 5.41) is 19.1. The number of piperazine rings is 1. The van der Waals surface area contributed by atoms with Gasteiger partial charge in [-0.15, -0.1) is 23.5 Å². The number of carbonyl (C=O) groups excluding carboxylic acids is 2. The first-order chi connectivity index (χ1) is 13.5. The SMILES string of the molecule is CS[C@@H]1C(=O)N(C)[C@](Cc2ccc(OC[C@H](O)C(C)(C)O)cc2)(SC)C(=O)N1C. The molecule has 1 aliphatic rings. The van der Waals surface area contributed by atoms with Crippen molar-refractivity contribution in [1.29, 1.82) is 0 Å². The van der Waals surface area contributed by atoms with Crippen LogP contribution in [-0.2, 0) is 16.0 Å². The van der Waals surface area contributed by atoms with Gasteiger partial charge in [-0.05, 0) is 44.1 Å². The highest BCUT2D eigenvalue weighted by molar-refractivity contribution is 8.01. The fourth-order valence-electron chi connectivity index (χ4n) is 3.14. The van der Waals surface area contributed by atoms with Gasteiger partial charge in [0.15, 0.2) is 10.2 Å². The van der Waals surface area contributed by atoms with E-state index < -0.39 is 21.9 Å². The van der Waals surface area contributed by atoms with Crippen LogP contribution in [0.1, 0.15) is 19.4 Å². The van der Waals surface area contributed by atoms with Gasteiger partial charge in [-0.3, -0.25) is 9.59 Å². The summed E-state index contributed by atoms with van der Waals surface area (Å²) in [6.45, 7) is 3.00. The number of amides is 2. The Labute approximate surface area is 180 Å². The van der Waals surface area contributed by atoms with Gasteiger partial charge in [-0.2, -0.15) is 0 Å². The Bertz CT molecular complexity index is 737. The fraction of sp³-hybridized carbons (Fsp3) is 0.600. The van der Waals surface area contributed by atoms with Crippen molar-refractivity contribution in [2.75, 3.05) is 33.2 Å². The zero-order chi connectivity index (χ0) is 22.0. The molecule has 1 saturated heterocycles. The lowest BCUT2D eigenvalue weighted by Gasteiger charge is -2.48. The van der Waals surface area contributed by atoms with Crippen LogP contribution in [-0.4, -0.2) is 87.0 Å². The van der Waals surface area contributed by atoms with E-state index in [4.69, 9.17) is 4.74 Å². The van der Waals surface area contributed by atoms with Gasteiger partial charge in [0.2, 0.25) is 0 Å². The summed E-state index contributed by atoms with van der Waals surface area (Å²) in [5.74, 6) is 0.365. The molecule has 0 bridgehead atoms. The molecule has 1 fully saturated rings. The molecular formula is C20H30N2O5S2. The number of ether oxygens (including phenoxy) is 1. The third kappa shape index (κ3) is 4.84. The molecule has 1 aromatic carbocycles. The number of rotatable bonds is 8. The Hall–Kier alpha value is -1.42. The van der Waals surface area contributed by atoms with E-state index in [1.165, 1.54) is 42.3 Å². The maximum absolute atomic E-state index is 13.2. The summed E-state index contributed by atoms with van der Waals surface area (Å²) in [6.07, 6.45) is 3.01. The Morgan fingerprint density at radius 3 is 2.28 bits per heavy atom. The molecule has 0 saturated carbocycles. The lowest BCUT2D eigenvalue weighted by Crippen LogP contribution is -2.68. The molecule has 29 heavy (non-hydrogen) atoms. The smallest absolute Gasteiger partial charge is 0.260 e. The fourth-order valence-corrected chi connectivity index (χ4v) is 4.91. The van der Waals surface area contributed by atoms with Crippen LogP contribution in [0.15, 0.2) is 24.3 Å². The zero-order valence-electron chi connectivity index (χ0n) is 17.7. The number of aliphatic hydroxyl groups is 2. The molecule has 1 aromatic rings. The van der Waals surface area contributed by atoms with E-state index in [1.807, 2.05) is 24.6 Å². The van der Waals surface area contributed by atoms with E-state index >= 15 is 0 Å². The van der Waals surface area contributed by atoms with Gasteiger partial charge in [-0.1, -0.05) is 12.1 Å². The summed E-state index contributed by atoms with van der Waals surface area (Å²) >= 11 is 2.71. The molecule has 2 amide bonds. The Kier molecular flexibility index (Phi) is 7.53. The molecule has 7 nitrogen and oxygen atoms in total. The predicted octanol–water partition coefficient (Wildman–Crippen LogP) is 1.42. The predicted molar refractivity (Wildman–Crippen MR) is 117 cm³/mol. The lowest BCUT2D eigenvalue weighted by atomic mass is 10.0. The number of benzene rings is 1. The number of aliphatic hydroxyl groups excluding tert-OH is 1. The van der Waals surface area contributed by atoms with E-state index in [9.17, 15) is 19.8 Å². The zero-order valence-corrected chi connectivity index (χ0v) is 19.3. The van der Waals surface area contributed by atoms with Crippen molar-refractivity contribution >= 4 is 35.3 Å². The van der Waals surface area contributed by atoms with Gasteiger partial charge < -0.3 is 24.7 Å². The topological polar surface area (TPSA) is 90.3 Å². The van der Waals surface area contributed by atoms with Crippen LogP contribution in [0.5, 0.6) is 5.75 Å². The number of carbonyl (C=O) groups is 2. The van der Waals surface area contributed by atoms with E-state index in [0.29, 0.717) is 12.2 Å². The molecule has 1 heterocycles. The molecule has 1 aliphatic heterocycles. The van der Waals surface area contributed by atoms with Crippen LogP contribution in [0.25, 0.3) is 0 Å². The number of thioether (sulfide) groups is 2. The summed E-state index contributed by atoms with van der Waals surface area (Å²) in [4.78, 5) is 28.0. The third-order valence-electron chi connectivity index (χ3n) is 5.24. The molecule has 162 valence electrons. The van der Waals surface area contributed by atoms with Crippen LogP contribution in [0, 0.1) is 0 Å². The summed E-state index contributed by atoms with van der Waals surface area (Å²) in [7, 11) is 3.35. The molecule has 0 spiro atoms. The van der Waals surface area contributed by atoms with Gasteiger partial charge in [0.25, 0.3) is 11.8 Å². The molecule has 0 radical (unpaired) electrons. The number of hydrogen-bond donors (Lipinski definition) is 2. The second kappa shape index (κ2) is 9.16. The highest BCUT2D eigenvalue weighted by Crippen LogP contribution is 2.39. The number of likely N-dealkylation sites (N-methyl/N-ethyl adjacent to an activating group) is 2. The minimum Gasteiger partial charge on any atom is -0.491 e. The first kappa shape index (κ1) is 23.9. The minimum atomic E-state index is -1.25. The molecule has 3 atom stereocenters. The van der Waals surface area contributed by atoms with Crippen LogP contribution < -0.4 is 4.74 Å². The first-order valence-electron chi connectivity index (χ1n) is 9.23. The van der Waals surface area contributed by atoms with Crippen LogP contribution in [0.4, 0.5) is 0 Å². The largest absolute Gasteiger partial charge is 0.491 e. The van der Waals surface area contributed by atoms with Crippen molar-refractivity contribution in [1.82, 2.24) is 9.80 Å². The maximum atomic E-state index is 13.2. The quantitative estimate of drug-likeness (QED) is 0.629. The van der Waals surface area contributed by atoms with Gasteiger partial charge >= 0.3 is 0 Å². The van der Waals surface area contributed by atoms with E-state index in [0.717, 1.165) is 5.56 Å². The van der Waals surface area contributed by atoms with Gasteiger partial charge in [0.05, 0.1) is 5.60 Å². The normalized spacial score (nSPS) is 24.1. The average molecular weight is 443 g/mol. The molecule has 0 aromatic heterocycles. The van der Waals surface area contributed by atoms with Crippen LogP contribution in [0.3, 0.4) is 0 Å². The second-order valence-corrected chi connectivity index (χ2v) is 9.69. The summed E-state index contributed by atoms with van der Waals surface area (Å²) < 4.78 is 5.54. The highest BCUT2D eigenvalue weighted by Gasteiger charge is 2.53. The maximum Gasteiger partial charge on any atom is 0.260 e. The van der Waals surface area contributed by atoms with E-state index in [2.05, 4.69) is 0 Å². The van der Waals surface area contributed by atoms with Crippen molar-refractivity contribution in [3.8, 4) is 5.75 Å². The average Bonchev–Trinajstić information content (AvgIpc) is 2.68. The minimum absolute atomic E-state index is 0.0335. The van der Waals surface area contributed by atoms with Gasteiger partial charge in [-0.25, -0.2) is 0 Å². The molecule has 2 N–H and O–H groups in total. The standard InChI is InChI=1S/C20H30N2O5S2/c1-19(2,26)15(23)12-27-14-9-7-13(8-10-14)11-20(29-6)18(25)21(3)17(28-5)16(24)22(20)4/h7-10,15,17,23,26H,11-12H2,1-6H3/t15-,17+,20+/m0/s1. The van der Waals surface area contributed by atoms with Crippen molar-refractivity contribution < 1.29 is 24.5 Å². The third-order valence-corrected chi connectivity index (χ3v) is 7.47. The Morgan fingerprint density at radius 2 is 1.79 bits per heavy atom. The molecular weight excluding hydrogens is 412 g/mol. The van der Waals surface area contributed by atoms with Crippen LogP contribution in [0.2, 0.25) is 0 Å². The van der Waals surface area contributed by atoms with Crippen molar-refractivity contribution in [3.63, 3.8) is 0 Å². The van der Waals surface area contributed by atoms with Crippen molar-refractivity contribution in [3.05, 3.63) is 29.8 Å². The molecule has 2 rings (SSSR count). The van der Waals surface area contributed by atoms with Crippen molar-refractivity contribution in [2.45, 2.75) is 42.2 Å². The van der Waals surface area contributed by atoms with Crippen molar-refractivity contribution in [2.24, 2.45) is 0 Å². The first-order valence-corrected chi connectivity index (χ1v) is 11.7. The molecule has 0 unspecified atom stereocenters. The van der Waals surface area contributed by atoms with Gasteiger partial charge in [0.1, 0.15) is 18.5 Å². The Morgan fingerprint density at radius 1 is 1.21 bits per heavy atom. The summed E-state index contributed by atoms with van der Waals surface area (Å²) in [5.41, 5.74) is -0.359. The molecule has 0 aliphatic carbocycles. The van der Waals surface area contributed by atoms with E-state index in [1.54, 1.807) is 31.1 Å². The Balaban J connectivity index is 2.16. The van der Waals surface area contributed by atoms with Crippen LogP contribution >= 0.6 is 23.5 Å². The second-order valence-electron chi connectivity index (χ2n) is 7.69. The number of hydrogen-bond acceptors (Lipinski definition) is 7. The highest BCUT2D eigenvalue weighted by atomic mass is 32.2. The monoisotopic (exact) mass is 442 g/mol. The molecule has 9 heteroatoms. The van der Waals surface area contributed by atoms with Gasteiger partial charge in [0, 0.05) is 20.5 Å². The summed E-state index contributed by atoms with van der Waals surface area (Å²) in [6, 6.07) is 7.19. The number of nitrogens with zero attached hydrogens (tertiary/aromatic N) is 2.